The zero-order valence-corrected chi connectivity index (χ0v) is 10.1. The zero-order chi connectivity index (χ0) is 10.7. The van der Waals surface area contributed by atoms with Crippen LogP contribution < -0.4 is 0 Å². The van der Waals surface area contributed by atoms with E-state index in [0.717, 1.165) is 19.3 Å². The molecule has 0 aromatic heterocycles. The van der Waals surface area contributed by atoms with Crippen molar-refractivity contribution in [2.24, 2.45) is 11.3 Å². The Labute approximate surface area is 83.5 Å². The van der Waals surface area contributed by atoms with Crippen molar-refractivity contribution >= 4 is 0 Å². The SMILES string of the molecule is CCC(O)(CC)CC(C)(C)C(C)C. The van der Waals surface area contributed by atoms with Gasteiger partial charge in [0.15, 0.2) is 0 Å². The summed E-state index contributed by atoms with van der Waals surface area (Å²) in [6.07, 6.45) is 2.63. The van der Waals surface area contributed by atoms with E-state index in [-0.39, 0.29) is 5.41 Å². The summed E-state index contributed by atoms with van der Waals surface area (Å²) in [7, 11) is 0. The van der Waals surface area contributed by atoms with Crippen molar-refractivity contribution in [2.75, 3.05) is 0 Å². The van der Waals surface area contributed by atoms with Crippen LogP contribution in [0.4, 0.5) is 0 Å². The molecule has 0 amide bonds. The molecule has 0 aliphatic rings. The minimum atomic E-state index is -0.451. The summed E-state index contributed by atoms with van der Waals surface area (Å²) < 4.78 is 0. The molecule has 0 aliphatic carbocycles. The molecule has 0 fully saturated rings. The molecule has 0 unspecified atom stereocenters. The van der Waals surface area contributed by atoms with E-state index >= 15 is 0 Å². The van der Waals surface area contributed by atoms with Gasteiger partial charge < -0.3 is 5.11 Å². The lowest BCUT2D eigenvalue weighted by Crippen LogP contribution is -2.35. The molecule has 0 rings (SSSR count). The van der Waals surface area contributed by atoms with Crippen LogP contribution in [-0.4, -0.2) is 10.7 Å². The van der Waals surface area contributed by atoms with Gasteiger partial charge in [0.05, 0.1) is 5.60 Å². The summed E-state index contributed by atoms with van der Waals surface area (Å²) in [6.45, 7) is 13.1. The van der Waals surface area contributed by atoms with E-state index < -0.39 is 5.60 Å². The Kier molecular flexibility index (Phi) is 4.44. The maximum atomic E-state index is 10.2. The number of hydrogen-bond acceptors (Lipinski definition) is 1. The molecule has 80 valence electrons. The minimum Gasteiger partial charge on any atom is -0.390 e. The van der Waals surface area contributed by atoms with Gasteiger partial charge in [-0.25, -0.2) is 0 Å². The first-order chi connectivity index (χ1) is 5.77. The molecule has 0 aliphatic heterocycles. The summed E-state index contributed by atoms with van der Waals surface area (Å²) in [6, 6.07) is 0. The molecule has 1 heteroatoms. The van der Waals surface area contributed by atoms with Crippen LogP contribution in [0.3, 0.4) is 0 Å². The van der Waals surface area contributed by atoms with Gasteiger partial charge in [0.25, 0.3) is 0 Å². The molecule has 0 aromatic rings. The maximum absolute atomic E-state index is 10.2. The predicted molar refractivity (Wildman–Crippen MR) is 58.8 cm³/mol. The first kappa shape index (κ1) is 13.0. The molecule has 1 N–H and O–H groups in total. The molecule has 0 saturated carbocycles. The Morgan fingerprint density at radius 1 is 1.08 bits per heavy atom. The molecular weight excluding hydrogens is 160 g/mol. The van der Waals surface area contributed by atoms with Crippen LogP contribution in [0.25, 0.3) is 0 Å². The van der Waals surface area contributed by atoms with Gasteiger partial charge in [-0.1, -0.05) is 41.5 Å². The third kappa shape index (κ3) is 3.68. The summed E-state index contributed by atoms with van der Waals surface area (Å²) in [5, 5.41) is 10.2. The lowest BCUT2D eigenvalue weighted by molar-refractivity contribution is -0.0207. The van der Waals surface area contributed by atoms with Crippen molar-refractivity contribution in [3.05, 3.63) is 0 Å². The average molecular weight is 186 g/mol. The van der Waals surface area contributed by atoms with Gasteiger partial charge in [-0.15, -0.1) is 0 Å². The molecule has 0 bridgehead atoms. The lowest BCUT2D eigenvalue weighted by atomic mass is 9.71. The fourth-order valence-electron chi connectivity index (χ4n) is 1.55. The van der Waals surface area contributed by atoms with Crippen LogP contribution in [0.15, 0.2) is 0 Å². The molecule has 0 aromatic carbocycles. The van der Waals surface area contributed by atoms with E-state index in [1.54, 1.807) is 0 Å². The van der Waals surface area contributed by atoms with Gasteiger partial charge in [-0.05, 0) is 30.6 Å². The third-order valence-corrected chi connectivity index (χ3v) is 3.66. The van der Waals surface area contributed by atoms with E-state index in [4.69, 9.17) is 0 Å². The maximum Gasteiger partial charge on any atom is 0.0647 e. The highest BCUT2D eigenvalue weighted by Gasteiger charge is 2.33. The van der Waals surface area contributed by atoms with Crippen LogP contribution >= 0.6 is 0 Å². The third-order valence-electron chi connectivity index (χ3n) is 3.66. The van der Waals surface area contributed by atoms with Crippen LogP contribution in [0.2, 0.25) is 0 Å². The highest BCUT2D eigenvalue weighted by Crippen LogP contribution is 2.37. The molecule has 0 radical (unpaired) electrons. The summed E-state index contributed by atoms with van der Waals surface area (Å²) >= 11 is 0. The number of rotatable bonds is 5. The monoisotopic (exact) mass is 186 g/mol. The fraction of sp³-hybridized carbons (Fsp3) is 1.00. The lowest BCUT2D eigenvalue weighted by Gasteiger charge is -2.38. The smallest absolute Gasteiger partial charge is 0.0647 e. The van der Waals surface area contributed by atoms with Crippen molar-refractivity contribution < 1.29 is 5.11 Å². The van der Waals surface area contributed by atoms with Crippen molar-refractivity contribution in [2.45, 2.75) is 66.4 Å². The van der Waals surface area contributed by atoms with Crippen molar-refractivity contribution in [3.8, 4) is 0 Å². The number of aliphatic hydroxyl groups is 1. The van der Waals surface area contributed by atoms with E-state index in [2.05, 4.69) is 41.5 Å². The minimum absolute atomic E-state index is 0.237. The van der Waals surface area contributed by atoms with Crippen molar-refractivity contribution in [3.63, 3.8) is 0 Å². The first-order valence-electron chi connectivity index (χ1n) is 5.50. The Morgan fingerprint density at radius 2 is 1.46 bits per heavy atom. The van der Waals surface area contributed by atoms with Gasteiger partial charge in [0.2, 0.25) is 0 Å². The highest BCUT2D eigenvalue weighted by molar-refractivity contribution is 4.85. The van der Waals surface area contributed by atoms with Gasteiger partial charge in [-0.3, -0.25) is 0 Å². The van der Waals surface area contributed by atoms with Crippen LogP contribution in [0, 0.1) is 11.3 Å². The Morgan fingerprint density at radius 3 is 1.69 bits per heavy atom. The normalized spacial score (nSPS) is 13.8. The van der Waals surface area contributed by atoms with E-state index in [1.165, 1.54) is 0 Å². The molecule has 0 spiro atoms. The second kappa shape index (κ2) is 4.45. The molecule has 13 heavy (non-hydrogen) atoms. The first-order valence-corrected chi connectivity index (χ1v) is 5.50. The van der Waals surface area contributed by atoms with Crippen molar-refractivity contribution in [1.82, 2.24) is 0 Å². The molecule has 0 heterocycles. The second-order valence-electron chi connectivity index (χ2n) is 5.25. The summed E-state index contributed by atoms with van der Waals surface area (Å²) in [5.41, 5.74) is -0.214. The van der Waals surface area contributed by atoms with Gasteiger partial charge in [-0.2, -0.15) is 0 Å². The Hall–Kier alpha value is -0.0400. The molecule has 0 saturated heterocycles. The number of hydrogen-bond donors (Lipinski definition) is 1. The van der Waals surface area contributed by atoms with E-state index in [9.17, 15) is 5.11 Å². The topological polar surface area (TPSA) is 20.2 Å². The van der Waals surface area contributed by atoms with Crippen LogP contribution in [0.1, 0.15) is 60.8 Å². The average Bonchev–Trinajstić information content (AvgIpc) is 2.03. The molecular formula is C12H26O. The van der Waals surface area contributed by atoms with Gasteiger partial charge >= 0.3 is 0 Å². The molecule has 0 atom stereocenters. The molecule has 1 nitrogen and oxygen atoms in total. The van der Waals surface area contributed by atoms with E-state index in [0.29, 0.717) is 5.92 Å². The van der Waals surface area contributed by atoms with Gasteiger partial charge in [0.1, 0.15) is 0 Å². The standard InChI is InChI=1S/C12H26O/c1-7-12(13,8-2)9-11(5,6)10(3)4/h10,13H,7-9H2,1-6H3. The summed E-state index contributed by atoms with van der Waals surface area (Å²) in [4.78, 5) is 0. The van der Waals surface area contributed by atoms with Crippen molar-refractivity contribution in [1.29, 1.82) is 0 Å². The Balaban J connectivity index is 4.39. The van der Waals surface area contributed by atoms with E-state index in [1.807, 2.05) is 0 Å². The summed E-state index contributed by atoms with van der Waals surface area (Å²) in [5.74, 6) is 0.622. The largest absolute Gasteiger partial charge is 0.390 e. The highest BCUT2D eigenvalue weighted by atomic mass is 16.3. The van der Waals surface area contributed by atoms with Crippen LogP contribution in [0.5, 0.6) is 0 Å². The second-order valence-corrected chi connectivity index (χ2v) is 5.25. The Bertz CT molecular complexity index is 140. The quantitative estimate of drug-likeness (QED) is 0.695. The van der Waals surface area contributed by atoms with Crippen LogP contribution in [-0.2, 0) is 0 Å². The van der Waals surface area contributed by atoms with Gasteiger partial charge in [0, 0.05) is 0 Å². The zero-order valence-electron chi connectivity index (χ0n) is 10.1. The fourth-order valence-corrected chi connectivity index (χ4v) is 1.55. The predicted octanol–water partition coefficient (Wildman–Crippen LogP) is 3.61.